The predicted molar refractivity (Wildman–Crippen MR) is 82.1 cm³/mol. The van der Waals surface area contributed by atoms with Crippen molar-refractivity contribution in [1.82, 2.24) is 5.32 Å². The highest BCUT2D eigenvalue weighted by molar-refractivity contribution is 6.07. The Morgan fingerprint density at radius 1 is 1.43 bits per heavy atom. The lowest BCUT2D eigenvalue weighted by Crippen LogP contribution is -2.39. The molecule has 1 aromatic carbocycles. The summed E-state index contributed by atoms with van der Waals surface area (Å²) in [6, 6.07) is 9.14. The van der Waals surface area contributed by atoms with E-state index in [1.54, 1.807) is 12.1 Å². The molecule has 21 heavy (non-hydrogen) atoms. The average Bonchev–Trinajstić information content (AvgIpc) is 2.92. The number of hydrogen-bond donors (Lipinski definition) is 3. The third-order valence-electron chi connectivity index (χ3n) is 4.17. The van der Waals surface area contributed by atoms with Gasteiger partial charge in [0.15, 0.2) is 5.84 Å². The molecule has 0 bridgehead atoms. The standard InChI is InChI=1S/C16H23N3O2/c1-11-7-8-12(9-11)10-18-16(20)14(15(17)19-21)13-5-3-2-4-6-13/h2-6,11-12,14,21H,7-10H2,1H3,(H2,17,19)(H,18,20). The summed E-state index contributed by atoms with van der Waals surface area (Å²) in [5.74, 6) is 0.234. The van der Waals surface area contributed by atoms with E-state index in [1.165, 1.54) is 6.42 Å². The van der Waals surface area contributed by atoms with Crippen LogP contribution in [0.2, 0.25) is 0 Å². The molecule has 1 fully saturated rings. The Labute approximate surface area is 125 Å². The number of carbonyl (C=O) groups excluding carboxylic acids is 1. The van der Waals surface area contributed by atoms with E-state index >= 15 is 0 Å². The Morgan fingerprint density at radius 2 is 2.14 bits per heavy atom. The van der Waals surface area contributed by atoms with Gasteiger partial charge in [0.05, 0.1) is 0 Å². The Hall–Kier alpha value is -2.04. The molecule has 3 unspecified atom stereocenters. The summed E-state index contributed by atoms with van der Waals surface area (Å²) in [6.07, 6.45) is 3.53. The molecule has 0 aliphatic heterocycles. The molecule has 5 nitrogen and oxygen atoms in total. The van der Waals surface area contributed by atoms with Crippen LogP contribution in [-0.4, -0.2) is 23.5 Å². The Kier molecular flexibility index (Phi) is 5.20. The molecule has 0 aromatic heterocycles. The molecule has 0 heterocycles. The zero-order chi connectivity index (χ0) is 15.2. The lowest BCUT2D eigenvalue weighted by molar-refractivity contribution is -0.121. The molecule has 0 saturated heterocycles. The molecule has 1 amide bonds. The van der Waals surface area contributed by atoms with Crippen LogP contribution in [-0.2, 0) is 4.79 Å². The third-order valence-corrected chi connectivity index (χ3v) is 4.17. The zero-order valence-corrected chi connectivity index (χ0v) is 12.3. The minimum Gasteiger partial charge on any atom is -0.409 e. The van der Waals surface area contributed by atoms with Crippen molar-refractivity contribution < 1.29 is 10.0 Å². The van der Waals surface area contributed by atoms with Gasteiger partial charge in [0.1, 0.15) is 5.92 Å². The van der Waals surface area contributed by atoms with E-state index in [9.17, 15) is 4.79 Å². The van der Waals surface area contributed by atoms with Gasteiger partial charge in [-0.05, 0) is 30.2 Å². The lowest BCUT2D eigenvalue weighted by Gasteiger charge is -2.18. The van der Waals surface area contributed by atoms with E-state index in [-0.39, 0.29) is 11.7 Å². The van der Waals surface area contributed by atoms with Crippen molar-refractivity contribution in [3.8, 4) is 0 Å². The number of hydrogen-bond acceptors (Lipinski definition) is 3. The van der Waals surface area contributed by atoms with E-state index < -0.39 is 5.92 Å². The topological polar surface area (TPSA) is 87.7 Å². The first-order chi connectivity index (χ1) is 10.1. The number of nitrogens with two attached hydrogens (primary N) is 1. The SMILES string of the molecule is CC1CCC(CNC(=O)C(/C(N)=N/O)c2ccccc2)C1. The van der Waals surface area contributed by atoms with Crippen LogP contribution in [0.25, 0.3) is 0 Å². The minimum absolute atomic E-state index is 0.0847. The number of nitrogens with one attached hydrogen (secondary N) is 1. The smallest absolute Gasteiger partial charge is 0.235 e. The molecule has 4 N–H and O–H groups in total. The van der Waals surface area contributed by atoms with E-state index in [2.05, 4.69) is 17.4 Å². The molecule has 0 spiro atoms. The van der Waals surface area contributed by atoms with Gasteiger partial charge in [0, 0.05) is 6.54 Å². The molecule has 5 heteroatoms. The highest BCUT2D eigenvalue weighted by atomic mass is 16.4. The number of rotatable bonds is 5. The second-order valence-corrected chi connectivity index (χ2v) is 5.90. The molecule has 0 radical (unpaired) electrons. The number of oxime groups is 1. The van der Waals surface area contributed by atoms with Gasteiger partial charge in [-0.25, -0.2) is 0 Å². The molecule has 1 aromatic rings. The predicted octanol–water partition coefficient (Wildman–Crippen LogP) is 2.07. The lowest BCUT2D eigenvalue weighted by atomic mass is 9.96. The van der Waals surface area contributed by atoms with E-state index in [1.807, 2.05) is 18.2 Å². The zero-order valence-electron chi connectivity index (χ0n) is 12.3. The number of carbonyl (C=O) groups is 1. The fourth-order valence-electron chi connectivity index (χ4n) is 3.02. The van der Waals surface area contributed by atoms with Gasteiger partial charge in [0.25, 0.3) is 0 Å². The van der Waals surface area contributed by atoms with Gasteiger partial charge >= 0.3 is 0 Å². The summed E-state index contributed by atoms with van der Waals surface area (Å²) in [5.41, 5.74) is 6.42. The number of nitrogens with zero attached hydrogens (tertiary/aromatic N) is 1. The monoisotopic (exact) mass is 289 g/mol. The van der Waals surface area contributed by atoms with Crippen LogP contribution in [0.1, 0.15) is 37.7 Å². The molecule has 1 aliphatic rings. The Morgan fingerprint density at radius 3 is 2.71 bits per heavy atom. The quantitative estimate of drug-likeness (QED) is 0.335. The first-order valence-electron chi connectivity index (χ1n) is 7.42. The summed E-state index contributed by atoms with van der Waals surface area (Å²) >= 11 is 0. The normalized spacial score (nSPS) is 23.8. The minimum atomic E-state index is -0.741. The van der Waals surface area contributed by atoms with Gasteiger partial charge in [-0.3, -0.25) is 4.79 Å². The van der Waals surface area contributed by atoms with Gasteiger partial charge in [-0.1, -0.05) is 48.8 Å². The Balaban J connectivity index is 2.02. The second-order valence-electron chi connectivity index (χ2n) is 5.90. The van der Waals surface area contributed by atoms with Crippen molar-refractivity contribution in [1.29, 1.82) is 0 Å². The molecular weight excluding hydrogens is 266 g/mol. The molecular formula is C16H23N3O2. The fourth-order valence-corrected chi connectivity index (χ4v) is 3.02. The second kappa shape index (κ2) is 7.11. The van der Waals surface area contributed by atoms with Crippen LogP contribution in [0, 0.1) is 11.8 Å². The van der Waals surface area contributed by atoms with Gasteiger partial charge in [-0.2, -0.15) is 0 Å². The van der Waals surface area contributed by atoms with Crippen molar-refractivity contribution in [3.63, 3.8) is 0 Å². The summed E-state index contributed by atoms with van der Waals surface area (Å²) in [4.78, 5) is 12.4. The maximum atomic E-state index is 12.4. The summed E-state index contributed by atoms with van der Waals surface area (Å²) in [7, 11) is 0. The van der Waals surface area contributed by atoms with Crippen molar-refractivity contribution >= 4 is 11.7 Å². The summed E-state index contributed by atoms with van der Waals surface area (Å²) in [5, 5.41) is 14.9. The van der Waals surface area contributed by atoms with E-state index in [0.717, 1.165) is 24.3 Å². The van der Waals surface area contributed by atoms with Crippen LogP contribution in [0.15, 0.2) is 35.5 Å². The first-order valence-corrected chi connectivity index (χ1v) is 7.42. The molecule has 2 rings (SSSR count). The Bertz CT molecular complexity index is 502. The fraction of sp³-hybridized carbons (Fsp3) is 0.500. The van der Waals surface area contributed by atoms with Crippen molar-refractivity contribution in [2.75, 3.05) is 6.54 Å². The number of amides is 1. The van der Waals surface area contributed by atoms with Crippen LogP contribution < -0.4 is 11.1 Å². The van der Waals surface area contributed by atoms with Crippen molar-refractivity contribution in [2.45, 2.75) is 32.1 Å². The van der Waals surface area contributed by atoms with E-state index in [0.29, 0.717) is 12.5 Å². The maximum Gasteiger partial charge on any atom is 0.235 e. The third kappa shape index (κ3) is 3.97. The molecule has 114 valence electrons. The number of amidine groups is 1. The average molecular weight is 289 g/mol. The van der Waals surface area contributed by atoms with Crippen LogP contribution in [0.3, 0.4) is 0 Å². The summed E-state index contributed by atoms with van der Waals surface area (Å²) < 4.78 is 0. The van der Waals surface area contributed by atoms with E-state index in [4.69, 9.17) is 10.9 Å². The molecule has 1 saturated carbocycles. The van der Waals surface area contributed by atoms with Crippen LogP contribution >= 0.6 is 0 Å². The molecule has 3 atom stereocenters. The largest absolute Gasteiger partial charge is 0.409 e. The van der Waals surface area contributed by atoms with Crippen LogP contribution in [0.4, 0.5) is 0 Å². The highest BCUT2D eigenvalue weighted by Crippen LogP contribution is 2.29. The van der Waals surface area contributed by atoms with Gasteiger partial charge < -0.3 is 16.3 Å². The van der Waals surface area contributed by atoms with Gasteiger partial charge in [0.2, 0.25) is 5.91 Å². The number of benzene rings is 1. The van der Waals surface area contributed by atoms with Gasteiger partial charge in [-0.15, -0.1) is 0 Å². The maximum absolute atomic E-state index is 12.4. The van der Waals surface area contributed by atoms with Crippen molar-refractivity contribution in [2.24, 2.45) is 22.7 Å². The van der Waals surface area contributed by atoms with Crippen molar-refractivity contribution in [3.05, 3.63) is 35.9 Å². The highest BCUT2D eigenvalue weighted by Gasteiger charge is 2.27. The summed E-state index contributed by atoms with van der Waals surface area (Å²) in [6.45, 7) is 2.90. The van der Waals surface area contributed by atoms with Crippen LogP contribution in [0.5, 0.6) is 0 Å². The first kappa shape index (κ1) is 15.4. The molecule has 1 aliphatic carbocycles.